The number of carbonyl (C=O) groups excluding carboxylic acids is 1. The van der Waals surface area contributed by atoms with E-state index >= 15 is 0 Å². The highest BCUT2D eigenvalue weighted by molar-refractivity contribution is 5.96. The molecule has 2 rings (SSSR count). The van der Waals surface area contributed by atoms with Gasteiger partial charge in [-0.3, -0.25) is 4.79 Å². The molecule has 1 heterocycles. The van der Waals surface area contributed by atoms with Crippen molar-refractivity contribution >= 4 is 22.4 Å². The Hall–Kier alpha value is -2.10. The first kappa shape index (κ1) is 11.4. The number of ketones is 1. The molecule has 1 aromatic heterocycles. The molecule has 0 N–H and O–H groups in total. The summed E-state index contributed by atoms with van der Waals surface area (Å²) in [6.07, 6.45) is 0. The minimum atomic E-state index is -0.582. The zero-order chi connectivity index (χ0) is 12.6. The maximum Gasteiger partial charge on any atom is 0.347 e. The highest BCUT2D eigenvalue weighted by Crippen LogP contribution is 2.20. The molecule has 4 heteroatoms. The van der Waals surface area contributed by atoms with Crippen molar-refractivity contribution in [3.8, 4) is 0 Å². The maximum atomic E-state index is 11.6. The smallest absolute Gasteiger partial charge is 0.347 e. The first-order chi connectivity index (χ1) is 7.99. The largest absolute Gasteiger partial charge is 0.422 e. The SMILES string of the molecule is CC(=O)c1cc2ccc(N(C)C)cc2oc1=O. The minimum absolute atomic E-state index is 0.0927. The Morgan fingerprint density at radius 3 is 2.53 bits per heavy atom. The summed E-state index contributed by atoms with van der Waals surface area (Å²) >= 11 is 0. The fourth-order valence-electron chi connectivity index (χ4n) is 1.62. The Kier molecular flexibility index (Phi) is 2.71. The van der Waals surface area contributed by atoms with Crippen LogP contribution in [0.1, 0.15) is 17.3 Å². The molecule has 0 bridgehead atoms. The predicted molar refractivity (Wildman–Crippen MR) is 66.8 cm³/mol. The molecular weight excluding hydrogens is 218 g/mol. The number of hydrogen-bond acceptors (Lipinski definition) is 4. The highest BCUT2D eigenvalue weighted by atomic mass is 16.4. The fraction of sp³-hybridized carbons (Fsp3) is 0.231. The van der Waals surface area contributed by atoms with Gasteiger partial charge in [-0.1, -0.05) is 0 Å². The molecule has 0 aliphatic carbocycles. The molecule has 4 nitrogen and oxygen atoms in total. The van der Waals surface area contributed by atoms with E-state index in [0.29, 0.717) is 5.58 Å². The van der Waals surface area contributed by atoms with Gasteiger partial charge in [0.25, 0.3) is 0 Å². The van der Waals surface area contributed by atoms with E-state index in [2.05, 4.69) is 0 Å². The number of Topliss-reactive ketones (excluding diaryl/α,β-unsaturated/α-hetero) is 1. The molecule has 0 aliphatic heterocycles. The van der Waals surface area contributed by atoms with E-state index in [1.165, 1.54) is 6.92 Å². The quantitative estimate of drug-likeness (QED) is 0.586. The van der Waals surface area contributed by atoms with Crippen LogP contribution >= 0.6 is 0 Å². The lowest BCUT2D eigenvalue weighted by molar-refractivity contribution is 0.101. The van der Waals surface area contributed by atoms with E-state index in [4.69, 9.17) is 4.42 Å². The summed E-state index contributed by atoms with van der Waals surface area (Å²) in [4.78, 5) is 24.7. The third-order valence-corrected chi connectivity index (χ3v) is 2.62. The van der Waals surface area contributed by atoms with Crippen LogP contribution in [0.2, 0.25) is 0 Å². The van der Waals surface area contributed by atoms with Crippen molar-refractivity contribution in [2.24, 2.45) is 0 Å². The second kappa shape index (κ2) is 4.05. The zero-order valence-electron chi connectivity index (χ0n) is 9.98. The highest BCUT2D eigenvalue weighted by Gasteiger charge is 2.09. The molecule has 0 fully saturated rings. The Labute approximate surface area is 98.5 Å². The van der Waals surface area contributed by atoms with Crippen molar-refractivity contribution in [3.63, 3.8) is 0 Å². The van der Waals surface area contributed by atoms with Gasteiger partial charge in [0.2, 0.25) is 0 Å². The summed E-state index contributed by atoms with van der Waals surface area (Å²) < 4.78 is 5.14. The van der Waals surface area contributed by atoms with Crippen molar-refractivity contribution < 1.29 is 9.21 Å². The normalized spacial score (nSPS) is 10.5. The molecule has 0 saturated heterocycles. The van der Waals surface area contributed by atoms with Crippen molar-refractivity contribution in [3.05, 3.63) is 40.2 Å². The van der Waals surface area contributed by atoms with E-state index in [1.54, 1.807) is 12.1 Å². The van der Waals surface area contributed by atoms with Crippen LogP contribution in [0.5, 0.6) is 0 Å². The molecule has 0 unspecified atom stereocenters. The van der Waals surface area contributed by atoms with Gasteiger partial charge in [0.15, 0.2) is 5.78 Å². The summed E-state index contributed by atoms with van der Waals surface area (Å²) in [6, 6.07) is 7.09. The Morgan fingerprint density at radius 2 is 1.94 bits per heavy atom. The molecule has 1 aromatic carbocycles. The first-order valence-electron chi connectivity index (χ1n) is 5.25. The maximum absolute atomic E-state index is 11.6. The summed E-state index contributed by atoms with van der Waals surface area (Å²) in [5.41, 5.74) is 0.943. The standard InChI is InChI=1S/C13H13NO3/c1-8(15)11-6-9-4-5-10(14(2)3)7-12(9)17-13(11)16/h4-7H,1-3H3. The van der Waals surface area contributed by atoms with Crippen molar-refractivity contribution in [1.82, 2.24) is 0 Å². The number of hydrogen-bond donors (Lipinski definition) is 0. The van der Waals surface area contributed by atoms with Crippen LogP contribution in [0.4, 0.5) is 5.69 Å². The van der Waals surface area contributed by atoms with Gasteiger partial charge in [0.1, 0.15) is 11.1 Å². The monoisotopic (exact) mass is 231 g/mol. The van der Waals surface area contributed by atoms with Gasteiger partial charge >= 0.3 is 5.63 Å². The van der Waals surface area contributed by atoms with E-state index in [-0.39, 0.29) is 11.3 Å². The summed E-state index contributed by atoms with van der Waals surface area (Å²) in [5, 5.41) is 0.750. The lowest BCUT2D eigenvalue weighted by atomic mass is 10.1. The number of carbonyl (C=O) groups is 1. The summed E-state index contributed by atoms with van der Waals surface area (Å²) in [5.74, 6) is -0.280. The molecule has 0 atom stereocenters. The van der Waals surface area contributed by atoms with Gasteiger partial charge in [-0.15, -0.1) is 0 Å². The van der Waals surface area contributed by atoms with E-state index < -0.39 is 5.63 Å². The molecular formula is C13H13NO3. The van der Waals surface area contributed by atoms with Crippen LogP contribution in [0.25, 0.3) is 11.0 Å². The Bertz CT molecular complexity index is 641. The van der Waals surface area contributed by atoms with Gasteiger partial charge in [-0.2, -0.15) is 0 Å². The number of nitrogens with zero attached hydrogens (tertiary/aromatic N) is 1. The van der Waals surface area contributed by atoms with Crippen molar-refractivity contribution in [2.45, 2.75) is 6.92 Å². The van der Waals surface area contributed by atoms with E-state index in [9.17, 15) is 9.59 Å². The average molecular weight is 231 g/mol. The topological polar surface area (TPSA) is 50.5 Å². The third-order valence-electron chi connectivity index (χ3n) is 2.62. The van der Waals surface area contributed by atoms with Gasteiger partial charge in [0.05, 0.1) is 0 Å². The molecule has 0 amide bonds. The van der Waals surface area contributed by atoms with Crippen LogP contribution in [-0.2, 0) is 0 Å². The second-order valence-electron chi connectivity index (χ2n) is 4.12. The molecule has 0 radical (unpaired) electrons. The Morgan fingerprint density at radius 1 is 1.24 bits per heavy atom. The minimum Gasteiger partial charge on any atom is -0.422 e. The van der Waals surface area contributed by atoms with Gasteiger partial charge < -0.3 is 9.32 Å². The second-order valence-corrected chi connectivity index (χ2v) is 4.12. The Balaban J connectivity index is 2.70. The van der Waals surface area contributed by atoms with Crippen LogP contribution in [0, 0.1) is 0 Å². The predicted octanol–water partition coefficient (Wildman–Crippen LogP) is 2.06. The van der Waals surface area contributed by atoms with Crippen molar-refractivity contribution in [2.75, 3.05) is 19.0 Å². The molecule has 17 heavy (non-hydrogen) atoms. The molecule has 88 valence electrons. The fourth-order valence-corrected chi connectivity index (χ4v) is 1.62. The first-order valence-corrected chi connectivity index (χ1v) is 5.25. The van der Waals surface area contributed by atoms with Gasteiger partial charge in [-0.05, 0) is 25.1 Å². The number of fused-ring (bicyclic) bond motifs is 1. The third kappa shape index (κ3) is 2.06. The van der Waals surface area contributed by atoms with E-state index in [1.807, 2.05) is 31.1 Å². The number of anilines is 1. The lowest BCUT2D eigenvalue weighted by Gasteiger charge is -2.12. The van der Waals surface area contributed by atoms with Gasteiger partial charge in [0, 0.05) is 31.2 Å². The van der Waals surface area contributed by atoms with Crippen LogP contribution in [0.3, 0.4) is 0 Å². The van der Waals surface area contributed by atoms with Crippen LogP contribution in [0.15, 0.2) is 33.5 Å². The van der Waals surface area contributed by atoms with Gasteiger partial charge in [-0.25, -0.2) is 4.79 Å². The van der Waals surface area contributed by atoms with Crippen LogP contribution < -0.4 is 10.5 Å². The summed E-state index contributed by atoms with van der Waals surface area (Å²) in [7, 11) is 3.81. The number of rotatable bonds is 2. The number of benzene rings is 1. The summed E-state index contributed by atoms with van der Waals surface area (Å²) in [6.45, 7) is 1.35. The van der Waals surface area contributed by atoms with E-state index in [0.717, 1.165) is 11.1 Å². The lowest BCUT2D eigenvalue weighted by Crippen LogP contribution is -2.12. The zero-order valence-corrected chi connectivity index (χ0v) is 9.98. The average Bonchev–Trinajstić information content (AvgIpc) is 2.26. The molecule has 0 aliphatic rings. The van der Waals surface area contributed by atoms with Crippen molar-refractivity contribution in [1.29, 1.82) is 0 Å². The molecule has 0 spiro atoms. The molecule has 0 saturated carbocycles. The van der Waals surface area contributed by atoms with Crippen LogP contribution in [-0.4, -0.2) is 19.9 Å². The molecule has 2 aromatic rings.